The third kappa shape index (κ3) is 4.95. The van der Waals surface area contributed by atoms with Crippen molar-refractivity contribution >= 4 is 21.6 Å². The molecule has 6 nitrogen and oxygen atoms in total. The second kappa shape index (κ2) is 8.78. The number of methoxy groups -OCH3 is 1. The molecule has 10 heteroatoms. The largest absolute Gasteiger partial charge is 0.495 e. The van der Waals surface area contributed by atoms with E-state index < -0.39 is 34.2 Å². The Morgan fingerprint density at radius 1 is 1.13 bits per heavy atom. The van der Waals surface area contributed by atoms with Crippen LogP contribution in [0.5, 0.6) is 5.75 Å². The van der Waals surface area contributed by atoms with Crippen LogP contribution in [-0.2, 0) is 21.0 Å². The summed E-state index contributed by atoms with van der Waals surface area (Å²) in [4.78, 5) is 14.1. The van der Waals surface area contributed by atoms with Gasteiger partial charge in [-0.3, -0.25) is 9.10 Å². The van der Waals surface area contributed by atoms with Crippen LogP contribution in [0.15, 0.2) is 47.4 Å². The standard InChI is InChI=1S/C21H23F3N2O4S/c1-15-8-9-18(30-2)19(12-15)31(28,29)26(14-20(27)25-10-3-4-11-25)17-7-5-6-16(13-17)21(22,23)24/h5-9,12-13H,3-4,10-11,14H2,1-2H3. The number of carbonyl (C=O) groups is 1. The number of anilines is 1. The van der Waals surface area contributed by atoms with Gasteiger partial charge in [0, 0.05) is 13.1 Å². The van der Waals surface area contributed by atoms with Crippen molar-refractivity contribution < 1.29 is 31.1 Å². The highest BCUT2D eigenvalue weighted by Crippen LogP contribution is 2.35. The topological polar surface area (TPSA) is 66.9 Å². The zero-order valence-corrected chi connectivity index (χ0v) is 18.0. The lowest BCUT2D eigenvalue weighted by Crippen LogP contribution is -2.42. The first kappa shape index (κ1) is 22.9. The molecule has 2 aromatic rings. The molecular weight excluding hydrogens is 433 g/mol. The van der Waals surface area contributed by atoms with Gasteiger partial charge in [-0.25, -0.2) is 8.42 Å². The number of ether oxygens (including phenoxy) is 1. The molecule has 0 aromatic heterocycles. The SMILES string of the molecule is COc1ccc(C)cc1S(=O)(=O)N(CC(=O)N1CCCC1)c1cccc(C(F)(F)F)c1. The van der Waals surface area contributed by atoms with E-state index in [2.05, 4.69) is 0 Å². The smallest absolute Gasteiger partial charge is 0.416 e. The minimum absolute atomic E-state index is 0.0381. The molecule has 0 atom stereocenters. The van der Waals surface area contributed by atoms with Gasteiger partial charge in [-0.15, -0.1) is 0 Å². The fourth-order valence-corrected chi connectivity index (χ4v) is 5.10. The minimum atomic E-state index is -4.66. The first-order valence-corrected chi connectivity index (χ1v) is 11.1. The summed E-state index contributed by atoms with van der Waals surface area (Å²) in [6, 6.07) is 8.44. The van der Waals surface area contributed by atoms with Crippen molar-refractivity contribution in [1.29, 1.82) is 0 Å². The Bertz CT molecular complexity index is 1060. The number of hydrogen-bond acceptors (Lipinski definition) is 4. The molecule has 1 fully saturated rings. The average molecular weight is 456 g/mol. The maximum Gasteiger partial charge on any atom is 0.416 e. The first-order valence-electron chi connectivity index (χ1n) is 9.66. The highest BCUT2D eigenvalue weighted by molar-refractivity contribution is 7.93. The van der Waals surface area contributed by atoms with E-state index in [0.717, 1.165) is 35.3 Å². The van der Waals surface area contributed by atoms with Gasteiger partial charge < -0.3 is 9.64 Å². The van der Waals surface area contributed by atoms with E-state index in [4.69, 9.17) is 4.74 Å². The molecular formula is C21H23F3N2O4S. The molecule has 168 valence electrons. The molecule has 31 heavy (non-hydrogen) atoms. The summed E-state index contributed by atoms with van der Waals surface area (Å²) in [6.07, 6.45) is -3.06. The van der Waals surface area contributed by atoms with E-state index >= 15 is 0 Å². The van der Waals surface area contributed by atoms with Crippen LogP contribution < -0.4 is 9.04 Å². The fourth-order valence-electron chi connectivity index (χ4n) is 3.45. The van der Waals surface area contributed by atoms with Crippen molar-refractivity contribution in [1.82, 2.24) is 4.90 Å². The molecule has 0 saturated carbocycles. The zero-order valence-electron chi connectivity index (χ0n) is 17.1. The van der Waals surface area contributed by atoms with E-state index in [1.165, 1.54) is 30.2 Å². The third-order valence-corrected chi connectivity index (χ3v) is 6.88. The van der Waals surface area contributed by atoms with Crippen LogP contribution in [0.3, 0.4) is 0 Å². The summed E-state index contributed by atoms with van der Waals surface area (Å²) in [6.45, 7) is 2.05. The lowest BCUT2D eigenvalue weighted by atomic mass is 10.2. The van der Waals surface area contributed by atoms with Gasteiger partial charge in [-0.2, -0.15) is 13.2 Å². The van der Waals surface area contributed by atoms with Crippen molar-refractivity contribution in [2.24, 2.45) is 0 Å². The second-order valence-electron chi connectivity index (χ2n) is 7.30. The maximum atomic E-state index is 13.6. The second-order valence-corrected chi connectivity index (χ2v) is 9.13. The van der Waals surface area contributed by atoms with Crippen molar-refractivity contribution in [3.8, 4) is 5.75 Å². The van der Waals surface area contributed by atoms with Crippen molar-refractivity contribution in [2.75, 3.05) is 31.0 Å². The van der Waals surface area contributed by atoms with E-state index in [1.54, 1.807) is 13.0 Å². The molecule has 1 heterocycles. The van der Waals surface area contributed by atoms with E-state index in [0.29, 0.717) is 18.7 Å². The number of carbonyl (C=O) groups excluding carboxylic acids is 1. The van der Waals surface area contributed by atoms with Gasteiger partial charge >= 0.3 is 6.18 Å². The summed E-state index contributed by atoms with van der Waals surface area (Å²) in [7, 11) is -3.11. The van der Waals surface area contributed by atoms with Crippen molar-refractivity contribution in [2.45, 2.75) is 30.8 Å². The van der Waals surface area contributed by atoms with Gasteiger partial charge in [0.05, 0.1) is 18.4 Å². The summed E-state index contributed by atoms with van der Waals surface area (Å²) < 4.78 is 72.8. The van der Waals surface area contributed by atoms with Crippen LogP contribution in [0.4, 0.5) is 18.9 Å². The Hall–Kier alpha value is -2.75. The molecule has 1 saturated heterocycles. The molecule has 3 rings (SSSR count). The molecule has 1 amide bonds. The predicted octanol–water partition coefficient (Wildman–Crippen LogP) is 3.84. The molecule has 2 aromatic carbocycles. The van der Waals surface area contributed by atoms with Gasteiger partial charge in [0.15, 0.2) is 0 Å². The van der Waals surface area contributed by atoms with Crippen LogP contribution in [-0.4, -0.2) is 46.0 Å². The Kier molecular flexibility index (Phi) is 6.49. The normalized spacial score (nSPS) is 14.5. The Balaban J connectivity index is 2.12. The van der Waals surface area contributed by atoms with Crippen LogP contribution in [0.1, 0.15) is 24.0 Å². The molecule has 0 bridgehead atoms. The van der Waals surface area contributed by atoms with Crippen LogP contribution in [0, 0.1) is 6.92 Å². The molecule has 0 spiro atoms. The van der Waals surface area contributed by atoms with Gasteiger partial charge in [-0.1, -0.05) is 12.1 Å². The van der Waals surface area contributed by atoms with Crippen molar-refractivity contribution in [3.05, 3.63) is 53.6 Å². The Labute approximate surface area is 179 Å². The molecule has 1 aliphatic rings. The van der Waals surface area contributed by atoms with E-state index in [1.807, 2.05) is 0 Å². The van der Waals surface area contributed by atoms with Crippen LogP contribution >= 0.6 is 0 Å². The van der Waals surface area contributed by atoms with E-state index in [-0.39, 0.29) is 16.3 Å². The minimum Gasteiger partial charge on any atom is -0.495 e. The number of benzene rings is 2. The number of alkyl halides is 3. The lowest BCUT2D eigenvalue weighted by molar-refractivity contribution is -0.137. The molecule has 0 aliphatic carbocycles. The highest BCUT2D eigenvalue weighted by atomic mass is 32.2. The molecule has 0 radical (unpaired) electrons. The Morgan fingerprint density at radius 2 is 1.81 bits per heavy atom. The van der Waals surface area contributed by atoms with Crippen LogP contribution in [0.25, 0.3) is 0 Å². The summed E-state index contributed by atoms with van der Waals surface area (Å²) in [5, 5.41) is 0. The fraction of sp³-hybridized carbons (Fsp3) is 0.381. The zero-order chi connectivity index (χ0) is 22.8. The lowest BCUT2D eigenvalue weighted by Gasteiger charge is -2.27. The number of rotatable bonds is 6. The van der Waals surface area contributed by atoms with Gasteiger partial charge in [0.1, 0.15) is 17.2 Å². The number of halogens is 3. The number of aryl methyl sites for hydroxylation is 1. The monoisotopic (exact) mass is 456 g/mol. The quantitative estimate of drug-likeness (QED) is 0.663. The van der Waals surface area contributed by atoms with Gasteiger partial charge in [-0.05, 0) is 55.7 Å². The first-order chi connectivity index (χ1) is 14.5. The van der Waals surface area contributed by atoms with E-state index in [9.17, 15) is 26.4 Å². The summed E-state index contributed by atoms with van der Waals surface area (Å²) >= 11 is 0. The molecule has 0 N–H and O–H groups in total. The maximum absolute atomic E-state index is 13.6. The molecule has 0 unspecified atom stereocenters. The number of sulfonamides is 1. The number of likely N-dealkylation sites (tertiary alicyclic amines) is 1. The summed E-state index contributed by atoms with van der Waals surface area (Å²) in [5.41, 5.74) is -0.629. The predicted molar refractivity (Wildman–Crippen MR) is 110 cm³/mol. The summed E-state index contributed by atoms with van der Waals surface area (Å²) in [5.74, 6) is -0.429. The average Bonchev–Trinajstić information content (AvgIpc) is 3.26. The van der Waals surface area contributed by atoms with Crippen molar-refractivity contribution in [3.63, 3.8) is 0 Å². The molecule has 1 aliphatic heterocycles. The third-order valence-electron chi connectivity index (χ3n) is 5.09. The highest BCUT2D eigenvalue weighted by Gasteiger charge is 2.35. The number of hydrogen-bond donors (Lipinski definition) is 0. The van der Waals surface area contributed by atoms with Crippen LogP contribution in [0.2, 0.25) is 0 Å². The number of nitrogens with zero attached hydrogens (tertiary/aromatic N) is 2. The van der Waals surface area contributed by atoms with Gasteiger partial charge in [0.25, 0.3) is 10.0 Å². The Morgan fingerprint density at radius 3 is 2.42 bits per heavy atom. The van der Waals surface area contributed by atoms with Gasteiger partial charge in [0.2, 0.25) is 5.91 Å². The number of amides is 1.